The van der Waals surface area contributed by atoms with Gasteiger partial charge in [-0.3, -0.25) is 4.57 Å². The fourth-order valence-corrected chi connectivity index (χ4v) is 14.7. The standard InChI is InChI=1S/C49H49F3NO4PSi/c1-36(35-57-59(48(2,3)4,43-22-14-8-15-23-43)44-24-16-9-17-25-44)34-45(37-30-32-40(33-31-37)49(50,51)52)46(38-26-28-39(29-27-38)47(54)56-5)53-58(55,41-18-10-6-11-19-41)42-20-12-7-13-21-42/h6-34,36,46H,35H2,1-5H3,(H,53,55)/b45-34+/t36-,46?/m1/s1. The van der Waals surface area contributed by atoms with Gasteiger partial charge in [-0.05, 0) is 86.6 Å². The molecule has 0 saturated heterocycles. The summed E-state index contributed by atoms with van der Waals surface area (Å²) >= 11 is 0. The quantitative estimate of drug-likeness (QED) is 0.0673. The molecule has 304 valence electrons. The maximum absolute atomic E-state index is 15.7. The minimum Gasteiger partial charge on any atom is -0.465 e. The molecule has 6 aromatic carbocycles. The van der Waals surface area contributed by atoms with Gasteiger partial charge in [0, 0.05) is 17.2 Å². The van der Waals surface area contributed by atoms with Crippen molar-refractivity contribution >= 4 is 48.1 Å². The number of carbonyl (C=O) groups excluding carboxylic acids is 1. The molecule has 0 aliphatic heterocycles. The van der Waals surface area contributed by atoms with Crippen molar-refractivity contribution in [2.75, 3.05) is 13.7 Å². The number of alkyl halides is 3. The van der Waals surface area contributed by atoms with Crippen molar-refractivity contribution in [3.8, 4) is 0 Å². The van der Waals surface area contributed by atoms with Crippen LogP contribution in [0.3, 0.4) is 0 Å². The van der Waals surface area contributed by atoms with Crippen molar-refractivity contribution in [2.45, 2.75) is 45.0 Å². The average molecular weight is 832 g/mol. The lowest BCUT2D eigenvalue weighted by molar-refractivity contribution is -0.137. The lowest BCUT2D eigenvalue weighted by Gasteiger charge is -2.43. The van der Waals surface area contributed by atoms with Crippen molar-refractivity contribution in [1.29, 1.82) is 0 Å². The summed E-state index contributed by atoms with van der Waals surface area (Å²) in [6.45, 7) is 8.91. The molecule has 6 rings (SSSR count). The topological polar surface area (TPSA) is 64.6 Å². The Bertz CT molecular complexity index is 2290. The van der Waals surface area contributed by atoms with Gasteiger partial charge in [-0.1, -0.05) is 155 Å². The number of rotatable bonds is 14. The zero-order chi connectivity index (χ0) is 42.3. The van der Waals surface area contributed by atoms with Gasteiger partial charge in [0.2, 0.25) is 7.29 Å². The third kappa shape index (κ3) is 9.61. The molecule has 0 saturated carbocycles. The molecule has 1 N–H and O–H groups in total. The summed E-state index contributed by atoms with van der Waals surface area (Å²) in [4.78, 5) is 12.5. The Morgan fingerprint density at radius 1 is 0.678 bits per heavy atom. The lowest BCUT2D eigenvalue weighted by Crippen LogP contribution is -2.66. The summed E-state index contributed by atoms with van der Waals surface area (Å²) in [5, 5.41) is 6.61. The number of methoxy groups -OCH3 is 1. The van der Waals surface area contributed by atoms with Gasteiger partial charge in [0.15, 0.2) is 0 Å². The molecule has 1 unspecified atom stereocenters. The van der Waals surface area contributed by atoms with Crippen molar-refractivity contribution in [2.24, 2.45) is 5.92 Å². The second-order valence-electron chi connectivity index (χ2n) is 15.6. The van der Waals surface area contributed by atoms with Crippen molar-refractivity contribution < 1.29 is 31.7 Å². The first kappa shape index (κ1) is 43.3. The highest BCUT2D eigenvalue weighted by Crippen LogP contribution is 2.46. The maximum atomic E-state index is 15.7. The van der Waals surface area contributed by atoms with Gasteiger partial charge in [-0.25, -0.2) is 9.88 Å². The molecule has 2 atom stereocenters. The second kappa shape index (κ2) is 18.3. The summed E-state index contributed by atoms with van der Waals surface area (Å²) in [6, 6.07) is 49.8. The summed E-state index contributed by atoms with van der Waals surface area (Å²) in [5.41, 5.74) is 1.26. The minimum atomic E-state index is -4.54. The second-order valence-corrected chi connectivity index (χ2v) is 22.4. The highest BCUT2D eigenvalue weighted by molar-refractivity contribution is 7.77. The number of esters is 1. The first-order valence-corrected chi connectivity index (χ1v) is 23.1. The van der Waals surface area contributed by atoms with E-state index < -0.39 is 39.4 Å². The molecular weight excluding hydrogens is 783 g/mol. The molecule has 5 nitrogen and oxygen atoms in total. The number of nitrogens with one attached hydrogen (secondary N) is 1. The number of hydrogen-bond donors (Lipinski definition) is 1. The molecule has 0 aliphatic carbocycles. The highest BCUT2D eigenvalue weighted by atomic mass is 31.2. The summed E-state index contributed by atoms with van der Waals surface area (Å²) in [7, 11) is -5.33. The lowest BCUT2D eigenvalue weighted by atomic mass is 9.90. The Kier molecular flexibility index (Phi) is 13.4. The van der Waals surface area contributed by atoms with Gasteiger partial charge in [-0.15, -0.1) is 0 Å². The van der Waals surface area contributed by atoms with Crippen molar-refractivity contribution in [3.05, 3.63) is 198 Å². The van der Waals surface area contributed by atoms with Crippen LogP contribution in [0.25, 0.3) is 5.57 Å². The van der Waals surface area contributed by atoms with E-state index in [0.29, 0.717) is 32.9 Å². The van der Waals surface area contributed by atoms with Crippen LogP contribution in [0.4, 0.5) is 13.2 Å². The highest BCUT2D eigenvalue weighted by Gasteiger charge is 2.50. The van der Waals surface area contributed by atoms with Crippen LogP contribution in [0.5, 0.6) is 0 Å². The summed E-state index contributed by atoms with van der Waals surface area (Å²) < 4.78 is 69.9. The van der Waals surface area contributed by atoms with Crippen molar-refractivity contribution in [3.63, 3.8) is 0 Å². The SMILES string of the molecule is COC(=O)c1ccc(C(NP(=O)(c2ccccc2)c2ccccc2)/C(=C/[C@@H](C)CO[Si](c2ccccc2)(c2ccccc2)C(C)(C)C)c2ccc(C(F)(F)F)cc2)cc1. The predicted octanol–water partition coefficient (Wildman–Crippen LogP) is 10.3. The molecule has 6 aromatic rings. The van der Waals surface area contributed by atoms with Crippen LogP contribution in [-0.4, -0.2) is 28.0 Å². The summed E-state index contributed by atoms with van der Waals surface area (Å²) in [5.74, 6) is -0.812. The average Bonchev–Trinajstić information content (AvgIpc) is 3.25. The molecule has 59 heavy (non-hydrogen) atoms. The van der Waals surface area contributed by atoms with Crippen LogP contribution in [-0.2, 0) is 19.9 Å². The Morgan fingerprint density at radius 2 is 1.12 bits per heavy atom. The number of benzene rings is 6. The number of hydrogen-bond acceptors (Lipinski definition) is 4. The van der Waals surface area contributed by atoms with E-state index in [4.69, 9.17) is 9.16 Å². The van der Waals surface area contributed by atoms with E-state index in [0.717, 1.165) is 22.5 Å². The van der Waals surface area contributed by atoms with Crippen LogP contribution in [0.1, 0.15) is 60.8 Å². The molecule has 0 heterocycles. The Hall–Kier alpha value is -5.31. The van der Waals surface area contributed by atoms with Gasteiger partial charge in [0.1, 0.15) is 0 Å². The van der Waals surface area contributed by atoms with E-state index in [-0.39, 0.29) is 17.6 Å². The Balaban J connectivity index is 1.54. The van der Waals surface area contributed by atoms with E-state index >= 15 is 4.57 Å². The Labute approximate surface area is 346 Å². The van der Waals surface area contributed by atoms with E-state index in [1.54, 1.807) is 48.5 Å². The third-order valence-corrected chi connectivity index (χ3v) is 18.2. The smallest absolute Gasteiger partial charge is 0.416 e. The molecule has 0 spiro atoms. The van der Waals surface area contributed by atoms with Gasteiger partial charge >= 0.3 is 12.1 Å². The Morgan fingerprint density at radius 3 is 1.54 bits per heavy atom. The first-order chi connectivity index (χ1) is 28.2. The fraction of sp³-hybridized carbons (Fsp3) is 0.204. The maximum Gasteiger partial charge on any atom is 0.416 e. The van der Waals surface area contributed by atoms with Crippen LogP contribution < -0.4 is 26.1 Å². The molecule has 0 bridgehead atoms. The number of halogens is 3. The molecule has 10 heteroatoms. The van der Waals surface area contributed by atoms with E-state index in [1.807, 2.05) is 85.8 Å². The van der Waals surface area contributed by atoms with E-state index in [1.165, 1.54) is 19.2 Å². The molecular formula is C49H49F3NO4PSi. The monoisotopic (exact) mass is 831 g/mol. The first-order valence-electron chi connectivity index (χ1n) is 19.5. The molecule has 0 fully saturated rings. The van der Waals surface area contributed by atoms with Gasteiger partial charge < -0.3 is 9.16 Å². The summed E-state index contributed by atoms with van der Waals surface area (Å²) in [6.07, 6.45) is -2.54. The normalized spacial score (nSPS) is 13.7. The fourth-order valence-electron chi connectivity index (χ4n) is 7.59. The van der Waals surface area contributed by atoms with E-state index in [9.17, 15) is 18.0 Å². The largest absolute Gasteiger partial charge is 0.465 e. The van der Waals surface area contributed by atoms with Crippen LogP contribution in [0, 0.1) is 5.92 Å². The van der Waals surface area contributed by atoms with Crippen LogP contribution in [0.15, 0.2) is 176 Å². The molecule has 0 aliphatic rings. The van der Waals surface area contributed by atoms with Crippen LogP contribution in [0.2, 0.25) is 5.04 Å². The minimum absolute atomic E-state index is 0.278. The molecule has 0 radical (unpaired) electrons. The number of ether oxygens (including phenoxy) is 1. The predicted molar refractivity (Wildman–Crippen MR) is 236 cm³/mol. The van der Waals surface area contributed by atoms with Gasteiger partial charge in [-0.2, -0.15) is 13.2 Å². The zero-order valence-corrected chi connectivity index (χ0v) is 35.7. The van der Waals surface area contributed by atoms with Crippen molar-refractivity contribution in [1.82, 2.24) is 5.09 Å². The number of carbonyl (C=O) groups is 1. The zero-order valence-electron chi connectivity index (χ0n) is 33.8. The van der Waals surface area contributed by atoms with Gasteiger partial charge in [0.25, 0.3) is 8.32 Å². The molecule has 0 amide bonds. The third-order valence-electron chi connectivity index (χ3n) is 10.5. The van der Waals surface area contributed by atoms with Gasteiger partial charge in [0.05, 0.1) is 24.3 Å². The molecule has 0 aromatic heterocycles. The van der Waals surface area contributed by atoms with E-state index in [2.05, 4.69) is 50.1 Å². The van der Waals surface area contributed by atoms with Crippen LogP contribution >= 0.6 is 7.29 Å².